The molecule has 1 aliphatic heterocycles. The highest BCUT2D eigenvalue weighted by Crippen LogP contribution is 2.27. The van der Waals surface area contributed by atoms with E-state index in [0.29, 0.717) is 21.7 Å². The van der Waals surface area contributed by atoms with Gasteiger partial charge in [-0.3, -0.25) is 4.79 Å². The van der Waals surface area contributed by atoms with Crippen LogP contribution in [0.3, 0.4) is 0 Å². The Labute approximate surface area is 151 Å². The zero-order valence-electron chi connectivity index (χ0n) is 13.9. The Hall–Kier alpha value is -3.33. The maximum absolute atomic E-state index is 12.2. The van der Waals surface area contributed by atoms with E-state index in [9.17, 15) is 9.59 Å². The molecule has 26 heavy (non-hydrogen) atoms. The van der Waals surface area contributed by atoms with Crippen molar-refractivity contribution in [2.45, 2.75) is 0 Å². The third-order valence-electron chi connectivity index (χ3n) is 4.10. The van der Waals surface area contributed by atoms with Crippen LogP contribution in [-0.2, 0) is 16.6 Å². The average Bonchev–Trinajstić information content (AvgIpc) is 3.36. The number of aryl methyl sites for hydroxylation is 1. The van der Waals surface area contributed by atoms with Gasteiger partial charge in [-0.25, -0.2) is 10.2 Å². The van der Waals surface area contributed by atoms with Crippen LogP contribution in [0.4, 0.5) is 0 Å². The number of esters is 1. The molecule has 4 rings (SSSR count). The summed E-state index contributed by atoms with van der Waals surface area (Å²) in [5.74, 6) is -0.708. The van der Waals surface area contributed by atoms with E-state index in [-0.39, 0.29) is 5.91 Å². The van der Waals surface area contributed by atoms with Gasteiger partial charge in [-0.2, -0.15) is 5.10 Å². The molecule has 0 saturated heterocycles. The van der Waals surface area contributed by atoms with Gasteiger partial charge in [0.25, 0.3) is 5.91 Å². The molecule has 0 radical (unpaired) electrons. The number of hydrogen-bond acceptors (Lipinski definition) is 7. The van der Waals surface area contributed by atoms with E-state index in [0.717, 1.165) is 28.0 Å². The second-order valence-corrected chi connectivity index (χ2v) is 6.45. The van der Waals surface area contributed by atoms with Gasteiger partial charge < -0.3 is 9.30 Å². The Morgan fingerprint density at radius 2 is 2.23 bits per heavy atom. The molecule has 1 aliphatic rings. The van der Waals surface area contributed by atoms with Crippen LogP contribution in [0.1, 0.15) is 20.8 Å². The minimum atomic E-state index is -0.411. The quantitative estimate of drug-likeness (QED) is 0.562. The van der Waals surface area contributed by atoms with Crippen LogP contribution in [-0.4, -0.2) is 38.9 Å². The van der Waals surface area contributed by atoms with Crippen molar-refractivity contribution in [1.82, 2.24) is 19.6 Å². The third kappa shape index (κ3) is 2.58. The van der Waals surface area contributed by atoms with E-state index in [4.69, 9.17) is 4.74 Å². The largest absolute Gasteiger partial charge is 0.465 e. The van der Waals surface area contributed by atoms with E-state index < -0.39 is 5.97 Å². The maximum Gasteiger partial charge on any atom is 0.337 e. The van der Waals surface area contributed by atoms with Gasteiger partial charge in [-0.15, -0.1) is 5.10 Å². The van der Waals surface area contributed by atoms with Crippen molar-refractivity contribution in [2.75, 3.05) is 7.11 Å². The summed E-state index contributed by atoms with van der Waals surface area (Å²) in [6.07, 6.45) is 5.22. The van der Waals surface area contributed by atoms with Crippen LogP contribution in [0, 0.1) is 0 Å². The lowest BCUT2D eigenvalue weighted by Crippen LogP contribution is -2.13. The molecule has 1 N–H and O–H groups in total. The van der Waals surface area contributed by atoms with E-state index in [1.807, 2.05) is 23.9 Å². The highest BCUT2D eigenvalue weighted by Gasteiger charge is 2.26. The van der Waals surface area contributed by atoms with E-state index >= 15 is 0 Å². The molecule has 130 valence electrons. The van der Waals surface area contributed by atoms with Crippen molar-refractivity contribution in [3.63, 3.8) is 0 Å². The van der Waals surface area contributed by atoms with Gasteiger partial charge in [0.1, 0.15) is 5.71 Å². The predicted octanol–water partition coefficient (Wildman–Crippen LogP) is 1.73. The Bertz CT molecular complexity index is 1100. The Kier molecular flexibility index (Phi) is 3.85. The van der Waals surface area contributed by atoms with Crippen LogP contribution >= 0.6 is 11.5 Å². The van der Waals surface area contributed by atoms with Crippen molar-refractivity contribution < 1.29 is 14.3 Å². The lowest BCUT2D eigenvalue weighted by Gasteiger charge is -2.01. The van der Waals surface area contributed by atoms with Crippen LogP contribution in [0.15, 0.2) is 41.3 Å². The lowest BCUT2D eigenvalue weighted by atomic mass is 10.0. The monoisotopic (exact) mass is 367 g/mol. The topological polar surface area (TPSA) is 98.5 Å². The summed E-state index contributed by atoms with van der Waals surface area (Å²) in [5.41, 5.74) is 5.58. The standard InChI is InChI=1S/C17H13N5O3S/c1-22-8-10(11-5-9(17(24)25-2)3-4-13(11)22)6-12-15(19-20-16(12)23)14-7-18-21-26-14/h3-8H,1-2H3,(H,20,23)/b12-6-. The molecule has 0 bridgehead atoms. The van der Waals surface area contributed by atoms with Crippen molar-refractivity contribution in [3.8, 4) is 0 Å². The molecule has 1 amide bonds. The minimum Gasteiger partial charge on any atom is -0.465 e. The smallest absolute Gasteiger partial charge is 0.337 e. The number of hydrazone groups is 1. The van der Waals surface area contributed by atoms with Crippen molar-refractivity contribution >= 4 is 46.1 Å². The number of amides is 1. The molecule has 1 aromatic carbocycles. The van der Waals surface area contributed by atoms with Crippen LogP contribution in [0.2, 0.25) is 0 Å². The number of nitrogens with one attached hydrogen (secondary N) is 1. The number of carbonyl (C=O) groups excluding carboxylic acids is 2. The molecule has 2 aromatic heterocycles. The summed E-state index contributed by atoms with van der Waals surface area (Å²) < 4.78 is 10.5. The Morgan fingerprint density at radius 3 is 2.96 bits per heavy atom. The second kappa shape index (κ2) is 6.19. The second-order valence-electron chi connectivity index (χ2n) is 5.66. The summed E-state index contributed by atoms with van der Waals surface area (Å²) in [4.78, 5) is 24.8. The minimum absolute atomic E-state index is 0.297. The summed E-state index contributed by atoms with van der Waals surface area (Å²) in [6, 6.07) is 5.31. The molecule has 0 atom stereocenters. The molecule has 0 spiro atoms. The normalized spacial score (nSPS) is 15.4. The van der Waals surface area contributed by atoms with Gasteiger partial charge in [0.2, 0.25) is 0 Å². The van der Waals surface area contributed by atoms with Crippen molar-refractivity contribution in [1.29, 1.82) is 0 Å². The van der Waals surface area contributed by atoms with Crippen LogP contribution in [0.25, 0.3) is 17.0 Å². The summed E-state index contributed by atoms with van der Waals surface area (Å²) in [7, 11) is 3.24. The number of methoxy groups -OCH3 is 1. The fourth-order valence-electron chi connectivity index (χ4n) is 2.87. The molecule has 0 unspecified atom stereocenters. The van der Waals surface area contributed by atoms with Gasteiger partial charge >= 0.3 is 5.97 Å². The van der Waals surface area contributed by atoms with Crippen molar-refractivity contribution in [2.24, 2.45) is 12.1 Å². The molecular weight excluding hydrogens is 354 g/mol. The van der Waals surface area contributed by atoms with Crippen molar-refractivity contribution in [3.05, 3.63) is 52.2 Å². The fraction of sp³-hybridized carbons (Fsp3) is 0.118. The summed E-state index contributed by atoms with van der Waals surface area (Å²) in [6.45, 7) is 0. The summed E-state index contributed by atoms with van der Waals surface area (Å²) >= 11 is 1.16. The number of nitrogens with zero attached hydrogens (tertiary/aromatic N) is 4. The number of rotatable bonds is 3. The predicted molar refractivity (Wildman–Crippen MR) is 96.8 cm³/mol. The highest BCUT2D eigenvalue weighted by atomic mass is 32.1. The molecule has 8 nitrogen and oxygen atoms in total. The molecule has 3 heterocycles. The number of hydrogen-bond donors (Lipinski definition) is 1. The molecule has 9 heteroatoms. The van der Waals surface area contributed by atoms with Gasteiger partial charge in [0, 0.05) is 29.7 Å². The first-order valence-electron chi connectivity index (χ1n) is 7.63. The molecular formula is C17H13N5O3S. The van der Waals surface area contributed by atoms with Gasteiger partial charge in [-0.1, -0.05) is 4.49 Å². The molecule has 0 aliphatic carbocycles. The number of benzene rings is 1. The van der Waals surface area contributed by atoms with Gasteiger partial charge in [0.15, 0.2) is 0 Å². The lowest BCUT2D eigenvalue weighted by molar-refractivity contribution is -0.116. The van der Waals surface area contributed by atoms with Gasteiger partial charge in [0.05, 0.1) is 29.3 Å². The fourth-order valence-corrected chi connectivity index (χ4v) is 3.38. The highest BCUT2D eigenvalue weighted by molar-refractivity contribution is 7.08. The number of aromatic nitrogens is 3. The van der Waals surface area contributed by atoms with E-state index in [1.165, 1.54) is 7.11 Å². The molecule has 3 aromatic rings. The number of carbonyl (C=O) groups is 2. The maximum atomic E-state index is 12.2. The van der Waals surface area contributed by atoms with E-state index in [2.05, 4.69) is 20.1 Å². The molecule has 0 fully saturated rings. The average molecular weight is 367 g/mol. The first-order chi connectivity index (χ1) is 12.6. The van der Waals surface area contributed by atoms with Crippen LogP contribution in [0.5, 0.6) is 0 Å². The number of ether oxygens (including phenoxy) is 1. The molecule has 0 saturated carbocycles. The van der Waals surface area contributed by atoms with E-state index in [1.54, 1.807) is 24.4 Å². The third-order valence-corrected chi connectivity index (χ3v) is 4.78. The van der Waals surface area contributed by atoms with Crippen LogP contribution < -0.4 is 5.43 Å². The number of fused-ring (bicyclic) bond motifs is 1. The zero-order chi connectivity index (χ0) is 18.3. The first kappa shape index (κ1) is 16.2. The zero-order valence-corrected chi connectivity index (χ0v) is 14.7. The van der Waals surface area contributed by atoms with Gasteiger partial charge in [-0.05, 0) is 35.8 Å². The Morgan fingerprint density at radius 1 is 1.38 bits per heavy atom. The first-order valence-corrected chi connectivity index (χ1v) is 8.41. The SMILES string of the molecule is COC(=O)c1ccc2c(c1)c(/C=C1\C(=O)NN=C1c1cnns1)cn2C. The Balaban J connectivity index is 1.86. The summed E-state index contributed by atoms with van der Waals surface area (Å²) in [5, 5.41) is 8.71.